The van der Waals surface area contributed by atoms with Crippen molar-refractivity contribution in [3.63, 3.8) is 0 Å². The van der Waals surface area contributed by atoms with Crippen LogP contribution in [-0.2, 0) is 10.1 Å². The van der Waals surface area contributed by atoms with E-state index in [4.69, 9.17) is 4.55 Å². The fourth-order valence-corrected chi connectivity index (χ4v) is 2.68. The van der Waals surface area contributed by atoms with Crippen molar-refractivity contribution in [1.29, 1.82) is 0 Å². The lowest BCUT2D eigenvalue weighted by molar-refractivity contribution is 0.484. The number of halogens is 1. The Kier molecular flexibility index (Phi) is 2.70. The van der Waals surface area contributed by atoms with Gasteiger partial charge in [-0.05, 0) is 46.2 Å². The first kappa shape index (κ1) is 10.8. The van der Waals surface area contributed by atoms with E-state index in [0.29, 0.717) is 5.39 Å². The summed E-state index contributed by atoms with van der Waals surface area (Å²) in [6, 6.07) is 10.2. The van der Waals surface area contributed by atoms with Gasteiger partial charge in [0.2, 0.25) is 0 Å². The fraction of sp³-hybridized carbons (Fsp3) is 0. The molecule has 0 spiro atoms. The van der Waals surface area contributed by atoms with Crippen LogP contribution in [0.3, 0.4) is 0 Å². The molecule has 3 nitrogen and oxygen atoms in total. The van der Waals surface area contributed by atoms with Crippen LogP contribution in [-0.4, -0.2) is 13.0 Å². The smallest absolute Gasteiger partial charge is 0.282 e. The number of hydrogen-bond donors (Lipinski definition) is 1. The van der Waals surface area contributed by atoms with Gasteiger partial charge in [-0.25, -0.2) is 0 Å². The van der Waals surface area contributed by atoms with Crippen LogP contribution in [0.1, 0.15) is 0 Å². The van der Waals surface area contributed by atoms with Crippen molar-refractivity contribution in [2.75, 3.05) is 0 Å². The van der Waals surface area contributed by atoms with Crippen LogP contribution in [0.5, 0.6) is 0 Å². The van der Waals surface area contributed by atoms with E-state index in [2.05, 4.69) is 22.6 Å². The maximum absolute atomic E-state index is 11.1. The zero-order chi connectivity index (χ0) is 11.1. The second-order valence-corrected chi connectivity index (χ2v) is 5.73. The van der Waals surface area contributed by atoms with Crippen molar-refractivity contribution in [2.24, 2.45) is 0 Å². The van der Waals surface area contributed by atoms with E-state index in [1.807, 2.05) is 12.1 Å². The molecular weight excluding hydrogens is 327 g/mol. The van der Waals surface area contributed by atoms with Gasteiger partial charge in [0.05, 0.1) is 0 Å². The molecule has 0 heterocycles. The molecule has 1 N–H and O–H groups in total. The van der Waals surface area contributed by atoms with E-state index in [1.54, 1.807) is 18.2 Å². The molecule has 15 heavy (non-hydrogen) atoms. The van der Waals surface area contributed by atoms with E-state index < -0.39 is 10.1 Å². The molecule has 2 aromatic rings. The molecule has 0 aromatic heterocycles. The molecule has 0 fully saturated rings. The van der Waals surface area contributed by atoms with Gasteiger partial charge in [-0.2, -0.15) is 8.42 Å². The first-order valence-corrected chi connectivity index (χ1v) is 6.66. The molecule has 5 heteroatoms. The lowest BCUT2D eigenvalue weighted by Gasteiger charge is -2.03. The van der Waals surface area contributed by atoms with Crippen LogP contribution < -0.4 is 0 Å². The lowest BCUT2D eigenvalue weighted by atomic mass is 10.1. The Morgan fingerprint density at radius 2 is 1.87 bits per heavy atom. The molecule has 0 saturated carbocycles. The zero-order valence-corrected chi connectivity index (χ0v) is 10.5. The van der Waals surface area contributed by atoms with Crippen LogP contribution >= 0.6 is 22.6 Å². The standard InChI is InChI=1S/C10H7IO3S/c11-8-4-5-9-7(6-8)2-1-3-10(9)15(12,13)14/h1-6H,(H,12,13,14). The van der Waals surface area contributed by atoms with Gasteiger partial charge in [0.1, 0.15) is 4.90 Å². The minimum atomic E-state index is -4.14. The summed E-state index contributed by atoms with van der Waals surface area (Å²) in [6.07, 6.45) is 0. The van der Waals surface area contributed by atoms with Crippen LogP contribution in [0.15, 0.2) is 41.3 Å². The summed E-state index contributed by atoms with van der Waals surface area (Å²) in [5, 5.41) is 1.34. The molecule has 0 atom stereocenters. The Balaban J connectivity index is 2.89. The normalized spacial score (nSPS) is 11.9. The van der Waals surface area contributed by atoms with Gasteiger partial charge in [-0.1, -0.05) is 18.2 Å². The Morgan fingerprint density at radius 3 is 2.53 bits per heavy atom. The maximum Gasteiger partial charge on any atom is 0.295 e. The summed E-state index contributed by atoms with van der Waals surface area (Å²) in [5.74, 6) is 0. The molecular formula is C10H7IO3S. The van der Waals surface area contributed by atoms with Crippen molar-refractivity contribution >= 4 is 43.5 Å². The van der Waals surface area contributed by atoms with E-state index in [-0.39, 0.29) is 4.90 Å². The van der Waals surface area contributed by atoms with Crippen molar-refractivity contribution in [3.8, 4) is 0 Å². The van der Waals surface area contributed by atoms with Crippen molar-refractivity contribution in [1.82, 2.24) is 0 Å². The minimum Gasteiger partial charge on any atom is -0.282 e. The highest BCUT2D eigenvalue weighted by atomic mass is 127. The van der Waals surface area contributed by atoms with Gasteiger partial charge in [0, 0.05) is 8.96 Å². The molecule has 0 aliphatic heterocycles. The Bertz CT molecular complexity index is 620. The Labute approximate surface area is 101 Å². The maximum atomic E-state index is 11.1. The third-order valence-electron chi connectivity index (χ3n) is 2.08. The summed E-state index contributed by atoms with van der Waals surface area (Å²) < 4.78 is 32.2. The molecule has 0 aliphatic rings. The highest BCUT2D eigenvalue weighted by Gasteiger charge is 2.12. The number of hydrogen-bond acceptors (Lipinski definition) is 2. The monoisotopic (exact) mass is 334 g/mol. The molecule has 0 unspecified atom stereocenters. The summed E-state index contributed by atoms with van der Waals surface area (Å²) >= 11 is 2.15. The van der Waals surface area contributed by atoms with Gasteiger partial charge in [0.25, 0.3) is 10.1 Å². The van der Waals surface area contributed by atoms with E-state index >= 15 is 0 Å². The third-order valence-corrected chi connectivity index (χ3v) is 3.66. The van der Waals surface area contributed by atoms with Crippen molar-refractivity contribution < 1.29 is 13.0 Å². The average Bonchev–Trinajstić information content (AvgIpc) is 2.15. The fourth-order valence-electron chi connectivity index (χ4n) is 1.45. The largest absolute Gasteiger partial charge is 0.295 e. The predicted molar refractivity (Wildman–Crippen MR) is 66.5 cm³/mol. The lowest BCUT2D eigenvalue weighted by Crippen LogP contribution is -1.98. The average molecular weight is 334 g/mol. The van der Waals surface area contributed by atoms with E-state index in [1.165, 1.54) is 6.07 Å². The molecule has 0 bridgehead atoms. The molecule has 2 rings (SSSR count). The molecule has 2 aromatic carbocycles. The predicted octanol–water partition coefficient (Wildman–Crippen LogP) is 2.69. The van der Waals surface area contributed by atoms with Gasteiger partial charge >= 0.3 is 0 Å². The topological polar surface area (TPSA) is 54.4 Å². The molecule has 0 aliphatic carbocycles. The summed E-state index contributed by atoms with van der Waals surface area (Å²) in [7, 11) is -4.14. The van der Waals surface area contributed by atoms with Crippen LogP contribution in [0.2, 0.25) is 0 Å². The van der Waals surface area contributed by atoms with Gasteiger partial charge in [-0.15, -0.1) is 0 Å². The van der Waals surface area contributed by atoms with Crippen LogP contribution in [0.4, 0.5) is 0 Å². The summed E-state index contributed by atoms with van der Waals surface area (Å²) in [5.41, 5.74) is 0. The van der Waals surface area contributed by atoms with Crippen LogP contribution in [0.25, 0.3) is 10.8 Å². The van der Waals surface area contributed by atoms with Gasteiger partial charge < -0.3 is 0 Å². The molecule has 78 valence electrons. The van der Waals surface area contributed by atoms with Gasteiger partial charge in [0.15, 0.2) is 0 Å². The number of fused-ring (bicyclic) bond motifs is 1. The Hall–Kier alpha value is -0.660. The number of benzene rings is 2. The second-order valence-electron chi connectivity index (χ2n) is 3.10. The highest BCUT2D eigenvalue weighted by molar-refractivity contribution is 14.1. The van der Waals surface area contributed by atoms with E-state index in [0.717, 1.165) is 8.96 Å². The molecule has 0 saturated heterocycles. The molecule has 0 radical (unpaired) electrons. The third kappa shape index (κ3) is 2.14. The zero-order valence-electron chi connectivity index (χ0n) is 7.51. The van der Waals surface area contributed by atoms with E-state index in [9.17, 15) is 8.42 Å². The summed E-state index contributed by atoms with van der Waals surface area (Å²) in [6.45, 7) is 0. The SMILES string of the molecule is O=S(=O)(O)c1cccc2cc(I)ccc12. The quantitative estimate of drug-likeness (QED) is 0.644. The van der Waals surface area contributed by atoms with Gasteiger partial charge in [-0.3, -0.25) is 4.55 Å². The number of rotatable bonds is 1. The Morgan fingerprint density at radius 1 is 1.13 bits per heavy atom. The highest BCUT2D eigenvalue weighted by Crippen LogP contribution is 2.24. The van der Waals surface area contributed by atoms with Crippen LogP contribution in [0, 0.1) is 3.57 Å². The van der Waals surface area contributed by atoms with Crippen molar-refractivity contribution in [3.05, 3.63) is 40.0 Å². The van der Waals surface area contributed by atoms with Crippen molar-refractivity contribution in [2.45, 2.75) is 4.90 Å². The first-order chi connectivity index (χ1) is 6.98. The summed E-state index contributed by atoms with van der Waals surface area (Å²) in [4.78, 5) is -0.0450. The second kappa shape index (κ2) is 3.73. The first-order valence-electron chi connectivity index (χ1n) is 4.14. The minimum absolute atomic E-state index is 0.0450. The molecule has 0 amide bonds.